The third-order valence-electron chi connectivity index (χ3n) is 5.72. The van der Waals surface area contributed by atoms with Crippen LogP contribution in [0, 0.1) is 5.82 Å². The molecular formula is C20H19FN4O. The van der Waals surface area contributed by atoms with Crippen LogP contribution in [0.1, 0.15) is 60.9 Å². The van der Waals surface area contributed by atoms with Crippen molar-refractivity contribution in [3.05, 3.63) is 53.4 Å². The minimum Gasteiger partial charge on any atom is -0.298 e. The number of fused-ring (bicyclic) bond motifs is 2. The minimum absolute atomic E-state index is 0.0519. The Kier molecular flexibility index (Phi) is 3.58. The Morgan fingerprint density at radius 2 is 1.96 bits per heavy atom. The summed E-state index contributed by atoms with van der Waals surface area (Å²) in [6.07, 6.45) is 9.48. The van der Waals surface area contributed by atoms with Crippen LogP contribution in [-0.2, 0) is 11.2 Å². The third kappa shape index (κ3) is 2.35. The van der Waals surface area contributed by atoms with Crippen molar-refractivity contribution in [2.24, 2.45) is 0 Å². The number of aromatic nitrogens is 4. The number of halogens is 1. The molecule has 5 rings (SSSR count). The molecule has 0 bridgehead atoms. The van der Waals surface area contributed by atoms with Crippen molar-refractivity contribution in [3.8, 4) is 0 Å². The molecule has 1 aromatic carbocycles. The maximum atomic E-state index is 13.5. The van der Waals surface area contributed by atoms with Crippen LogP contribution in [0.4, 0.5) is 4.39 Å². The van der Waals surface area contributed by atoms with Crippen LogP contribution in [0.3, 0.4) is 0 Å². The fourth-order valence-corrected chi connectivity index (χ4v) is 4.48. The standard InChI is InChI=1S/C20H19FN4O/c21-13-6-7-15-12(8-13)9-17(26)18(15)19-16-10-24-25(20(16)23-11-22-19)14-4-2-1-3-5-14/h6-8,10-11,14,18H,1-5,9H2. The number of nitrogens with zero attached hydrogens (tertiary/aromatic N) is 4. The quantitative estimate of drug-likeness (QED) is 0.707. The van der Waals surface area contributed by atoms with Crippen molar-refractivity contribution >= 4 is 16.8 Å². The molecule has 0 spiro atoms. The van der Waals surface area contributed by atoms with Crippen molar-refractivity contribution in [3.63, 3.8) is 0 Å². The molecule has 0 aliphatic heterocycles. The lowest BCUT2D eigenvalue weighted by Gasteiger charge is -2.22. The molecule has 0 amide bonds. The number of hydrogen-bond donors (Lipinski definition) is 0. The number of hydrogen-bond acceptors (Lipinski definition) is 4. The lowest BCUT2D eigenvalue weighted by atomic mass is 9.94. The van der Waals surface area contributed by atoms with Crippen LogP contribution in [0.2, 0.25) is 0 Å². The van der Waals surface area contributed by atoms with Gasteiger partial charge in [0, 0.05) is 6.42 Å². The molecule has 2 heterocycles. The SMILES string of the molecule is O=C1Cc2cc(F)ccc2C1c1ncnc2c1cnn2C1CCCCC1. The van der Waals surface area contributed by atoms with E-state index >= 15 is 0 Å². The third-order valence-corrected chi connectivity index (χ3v) is 5.72. The van der Waals surface area contributed by atoms with Crippen molar-refractivity contribution in [2.45, 2.75) is 50.5 Å². The monoisotopic (exact) mass is 350 g/mol. The predicted molar refractivity (Wildman–Crippen MR) is 94.4 cm³/mol. The molecule has 6 heteroatoms. The zero-order valence-electron chi connectivity index (χ0n) is 14.4. The Labute approximate surface area is 150 Å². The summed E-state index contributed by atoms with van der Waals surface area (Å²) >= 11 is 0. The first-order valence-corrected chi connectivity index (χ1v) is 9.21. The van der Waals surface area contributed by atoms with Gasteiger partial charge in [-0.2, -0.15) is 5.10 Å². The van der Waals surface area contributed by atoms with E-state index in [2.05, 4.69) is 15.1 Å². The highest BCUT2D eigenvalue weighted by Gasteiger charge is 2.35. The summed E-state index contributed by atoms with van der Waals surface area (Å²) in [5.41, 5.74) is 3.09. The van der Waals surface area contributed by atoms with E-state index in [9.17, 15) is 9.18 Å². The molecule has 1 atom stereocenters. The molecule has 132 valence electrons. The molecule has 1 fully saturated rings. The van der Waals surface area contributed by atoms with E-state index in [4.69, 9.17) is 0 Å². The highest BCUT2D eigenvalue weighted by atomic mass is 19.1. The van der Waals surface area contributed by atoms with Crippen LogP contribution >= 0.6 is 0 Å². The van der Waals surface area contributed by atoms with E-state index in [1.807, 2.05) is 4.68 Å². The number of Topliss-reactive ketones (excluding diaryl/α,β-unsaturated/α-hetero) is 1. The normalized spacial score (nSPS) is 20.7. The van der Waals surface area contributed by atoms with Gasteiger partial charge in [0.1, 0.15) is 12.1 Å². The Morgan fingerprint density at radius 1 is 1.12 bits per heavy atom. The summed E-state index contributed by atoms with van der Waals surface area (Å²) in [5, 5.41) is 5.42. The zero-order chi connectivity index (χ0) is 17.7. The number of benzene rings is 1. The second-order valence-corrected chi connectivity index (χ2v) is 7.30. The number of carbonyl (C=O) groups excluding carboxylic acids is 1. The first-order chi connectivity index (χ1) is 12.7. The van der Waals surface area contributed by atoms with Crippen molar-refractivity contribution < 1.29 is 9.18 Å². The van der Waals surface area contributed by atoms with Gasteiger partial charge in [-0.3, -0.25) is 4.79 Å². The number of ketones is 1. The summed E-state index contributed by atoms with van der Waals surface area (Å²) in [6.45, 7) is 0. The van der Waals surface area contributed by atoms with Crippen molar-refractivity contribution in [2.75, 3.05) is 0 Å². The fraction of sp³-hybridized carbons (Fsp3) is 0.400. The molecule has 2 aliphatic carbocycles. The predicted octanol–water partition coefficient (Wildman–Crippen LogP) is 3.73. The summed E-state index contributed by atoms with van der Waals surface area (Å²) < 4.78 is 15.5. The van der Waals surface area contributed by atoms with Gasteiger partial charge in [-0.15, -0.1) is 0 Å². The molecule has 2 aromatic heterocycles. The molecule has 0 N–H and O–H groups in total. The van der Waals surface area contributed by atoms with Gasteiger partial charge in [-0.1, -0.05) is 25.3 Å². The van der Waals surface area contributed by atoms with Crippen LogP contribution in [-0.4, -0.2) is 25.5 Å². The molecule has 0 radical (unpaired) electrons. The molecular weight excluding hydrogens is 331 g/mol. The van der Waals surface area contributed by atoms with Gasteiger partial charge in [-0.05, 0) is 36.1 Å². The smallest absolute Gasteiger partial charge is 0.161 e. The van der Waals surface area contributed by atoms with Gasteiger partial charge in [-0.25, -0.2) is 19.0 Å². The zero-order valence-corrected chi connectivity index (χ0v) is 14.4. The maximum absolute atomic E-state index is 13.5. The van der Waals surface area contributed by atoms with E-state index in [1.165, 1.54) is 37.7 Å². The largest absolute Gasteiger partial charge is 0.298 e. The van der Waals surface area contributed by atoms with Gasteiger partial charge in [0.2, 0.25) is 0 Å². The van der Waals surface area contributed by atoms with Gasteiger partial charge in [0.05, 0.1) is 29.2 Å². The summed E-state index contributed by atoms with van der Waals surface area (Å²) in [7, 11) is 0. The second-order valence-electron chi connectivity index (χ2n) is 7.30. The summed E-state index contributed by atoms with van der Waals surface area (Å²) in [6, 6.07) is 4.94. The van der Waals surface area contributed by atoms with Crippen LogP contribution in [0.5, 0.6) is 0 Å². The van der Waals surface area contributed by atoms with E-state index in [0.717, 1.165) is 35.0 Å². The topological polar surface area (TPSA) is 60.7 Å². The van der Waals surface area contributed by atoms with Gasteiger partial charge in [0.25, 0.3) is 0 Å². The lowest BCUT2D eigenvalue weighted by Crippen LogP contribution is -2.15. The first-order valence-electron chi connectivity index (χ1n) is 9.21. The Morgan fingerprint density at radius 3 is 2.81 bits per heavy atom. The maximum Gasteiger partial charge on any atom is 0.161 e. The summed E-state index contributed by atoms with van der Waals surface area (Å²) in [5.74, 6) is -0.716. The first kappa shape index (κ1) is 15.6. The van der Waals surface area contributed by atoms with E-state index < -0.39 is 5.92 Å². The Hall–Kier alpha value is -2.63. The Bertz CT molecular complexity index is 1010. The average molecular weight is 350 g/mol. The Balaban J connectivity index is 1.62. The highest BCUT2D eigenvalue weighted by molar-refractivity contribution is 5.98. The van der Waals surface area contributed by atoms with Gasteiger partial charge < -0.3 is 0 Å². The second kappa shape index (κ2) is 5.97. The van der Waals surface area contributed by atoms with E-state index in [-0.39, 0.29) is 18.0 Å². The number of carbonyl (C=O) groups is 1. The molecule has 26 heavy (non-hydrogen) atoms. The molecule has 5 nitrogen and oxygen atoms in total. The van der Waals surface area contributed by atoms with Gasteiger partial charge >= 0.3 is 0 Å². The van der Waals surface area contributed by atoms with Crippen molar-refractivity contribution in [1.82, 2.24) is 19.7 Å². The lowest BCUT2D eigenvalue weighted by molar-refractivity contribution is -0.118. The van der Waals surface area contributed by atoms with Crippen LogP contribution in [0.15, 0.2) is 30.7 Å². The summed E-state index contributed by atoms with van der Waals surface area (Å²) in [4.78, 5) is 21.6. The minimum atomic E-state index is -0.458. The van der Waals surface area contributed by atoms with Gasteiger partial charge in [0.15, 0.2) is 11.4 Å². The molecule has 3 aromatic rings. The molecule has 2 aliphatic rings. The van der Waals surface area contributed by atoms with E-state index in [0.29, 0.717) is 11.7 Å². The average Bonchev–Trinajstić information content (AvgIpc) is 3.22. The molecule has 0 saturated heterocycles. The highest BCUT2D eigenvalue weighted by Crippen LogP contribution is 2.38. The van der Waals surface area contributed by atoms with E-state index in [1.54, 1.807) is 12.3 Å². The van der Waals surface area contributed by atoms with Crippen LogP contribution in [0.25, 0.3) is 11.0 Å². The molecule has 1 saturated carbocycles. The van der Waals surface area contributed by atoms with Crippen molar-refractivity contribution in [1.29, 1.82) is 0 Å². The fourth-order valence-electron chi connectivity index (χ4n) is 4.48. The molecule has 1 unspecified atom stereocenters. The van der Waals surface area contributed by atoms with Crippen LogP contribution < -0.4 is 0 Å². The number of rotatable bonds is 2.